The van der Waals surface area contributed by atoms with Crippen molar-refractivity contribution < 1.29 is 19.7 Å². The molecule has 0 saturated heterocycles. The standard InChI is InChI=1S/C26H36ClN5O4/c1-4-6-7-11-28-25-30-23(27)20(24(31-25)32-26(35)10-9-16(14-33)22(26)34)19-13-17-12-18(8-5-2)29-15(3)21(17)36-19/h12-13,16,22,33-35H,4-11,14H2,1-3H3,(H2,28,30,31,32). The van der Waals surface area contributed by atoms with Crippen LogP contribution in [0.1, 0.15) is 63.8 Å². The minimum atomic E-state index is -1.68. The summed E-state index contributed by atoms with van der Waals surface area (Å²) in [6, 6.07) is 3.88. The number of pyridine rings is 1. The van der Waals surface area contributed by atoms with Crippen LogP contribution in [0.2, 0.25) is 5.15 Å². The molecule has 1 aliphatic rings. The average molecular weight is 518 g/mol. The van der Waals surface area contributed by atoms with Crippen LogP contribution >= 0.6 is 11.6 Å². The summed E-state index contributed by atoms with van der Waals surface area (Å²) in [5, 5.41) is 38.8. The number of nitrogens with zero attached hydrogens (tertiary/aromatic N) is 3. The van der Waals surface area contributed by atoms with Crippen LogP contribution in [-0.4, -0.2) is 55.3 Å². The second-order valence-electron chi connectivity index (χ2n) is 9.65. The highest BCUT2D eigenvalue weighted by Crippen LogP contribution is 2.41. The molecule has 0 aliphatic heterocycles. The fourth-order valence-corrected chi connectivity index (χ4v) is 5.07. The lowest BCUT2D eigenvalue weighted by atomic mass is 10.0. The first kappa shape index (κ1) is 26.6. The summed E-state index contributed by atoms with van der Waals surface area (Å²) in [4.78, 5) is 13.7. The Kier molecular flexibility index (Phi) is 8.34. The molecule has 0 bridgehead atoms. The Balaban J connectivity index is 1.76. The number of furan rings is 1. The van der Waals surface area contributed by atoms with E-state index >= 15 is 0 Å². The summed E-state index contributed by atoms with van der Waals surface area (Å²) in [7, 11) is 0. The average Bonchev–Trinajstić information content (AvgIpc) is 3.38. The Hall–Kier alpha value is -2.46. The van der Waals surface area contributed by atoms with E-state index in [0.717, 1.165) is 48.9 Å². The van der Waals surface area contributed by atoms with E-state index in [9.17, 15) is 15.3 Å². The zero-order valence-corrected chi connectivity index (χ0v) is 21.9. The van der Waals surface area contributed by atoms with Crippen molar-refractivity contribution in [3.05, 3.63) is 28.7 Å². The first-order valence-corrected chi connectivity index (χ1v) is 13.2. The van der Waals surface area contributed by atoms with Gasteiger partial charge in [-0.2, -0.15) is 4.98 Å². The van der Waals surface area contributed by atoms with Crippen LogP contribution in [0.3, 0.4) is 0 Å². The van der Waals surface area contributed by atoms with Gasteiger partial charge < -0.3 is 30.4 Å². The van der Waals surface area contributed by atoms with E-state index in [2.05, 4.69) is 39.4 Å². The van der Waals surface area contributed by atoms with Crippen molar-refractivity contribution in [1.82, 2.24) is 15.0 Å². The molecule has 5 N–H and O–H groups in total. The molecule has 36 heavy (non-hydrogen) atoms. The molecule has 3 unspecified atom stereocenters. The van der Waals surface area contributed by atoms with Crippen LogP contribution in [0, 0.1) is 12.8 Å². The number of halogens is 1. The molecule has 1 aliphatic carbocycles. The highest BCUT2D eigenvalue weighted by Gasteiger charge is 2.47. The number of hydrogen-bond acceptors (Lipinski definition) is 9. The number of hydrogen-bond donors (Lipinski definition) is 5. The quantitative estimate of drug-likeness (QED) is 0.140. The van der Waals surface area contributed by atoms with E-state index in [-0.39, 0.29) is 24.0 Å². The van der Waals surface area contributed by atoms with Gasteiger partial charge in [-0.05, 0) is 44.7 Å². The van der Waals surface area contributed by atoms with Crippen LogP contribution in [0.4, 0.5) is 11.8 Å². The second kappa shape index (κ2) is 11.3. The Morgan fingerprint density at radius 3 is 2.67 bits per heavy atom. The van der Waals surface area contributed by atoms with Crippen molar-refractivity contribution >= 4 is 34.3 Å². The first-order chi connectivity index (χ1) is 17.3. The fourth-order valence-electron chi connectivity index (χ4n) is 4.81. The van der Waals surface area contributed by atoms with Gasteiger partial charge in [0.15, 0.2) is 11.3 Å². The molecule has 196 valence electrons. The Labute approximate surface area is 216 Å². The first-order valence-electron chi connectivity index (χ1n) is 12.8. The minimum Gasteiger partial charge on any atom is -0.454 e. The van der Waals surface area contributed by atoms with E-state index < -0.39 is 17.7 Å². The van der Waals surface area contributed by atoms with Gasteiger partial charge in [0.05, 0.1) is 11.3 Å². The second-order valence-corrected chi connectivity index (χ2v) is 10.0. The number of anilines is 2. The van der Waals surface area contributed by atoms with Crippen LogP contribution < -0.4 is 10.6 Å². The Morgan fingerprint density at radius 1 is 1.17 bits per heavy atom. The lowest BCUT2D eigenvalue weighted by Gasteiger charge is -2.30. The Morgan fingerprint density at radius 2 is 1.97 bits per heavy atom. The van der Waals surface area contributed by atoms with Gasteiger partial charge in [0.1, 0.15) is 22.8 Å². The molecule has 1 fully saturated rings. The van der Waals surface area contributed by atoms with E-state index in [4.69, 9.17) is 16.0 Å². The smallest absolute Gasteiger partial charge is 0.226 e. The normalized spacial score (nSPS) is 21.9. The van der Waals surface area contributed by atoms with Crippen molar-refractivity contribution in [2.45, 2.75) is 77.5 Å². The maximum Gasteiger partial charge on any atom is 0.226 e. The lowest BCUT2D eigenvalue weighted by molar-refractivity contribution is -0.0545. The fraction of sp³-hybridized carbons (Fsp3) is 0.577. The molecule has 3 aromatic rings. The number of aliphatic hydroxyl groups excluding tert-OH is 2. The van der Waals surface area contributed by atoms with Crippen molar-refractivity contribution in [2.75, 3.05) is 23.8 Å². The number of aryl methyl sites for hydroxylation is 2. The Bertz CT molecular complexity index is 1200. The van der Waals surface area contributed by atoms with Gasteiger partial charge in [0, 0.05) is 30.1 Å². The molecule has 10 heteroatoms. The minimum absolute atomic E-state index is 0.152. The molecular weight excluding hydrogens is 482 g/mol. The third-order valence-electron chi connectivity index (χ3n) is 6.81. The van der Waals surface area contributed by atoms with E-state index in [0.29, 0.717) is 35.8 Å². The number of aliphatic hydroxyl groups is 3. The molecule has 0 aromatic carbocycles. The summed E-state index contributed by atoms with van der Waals surface area (Å²) in [5.41, 5.74) is 1.11. The molecule has 3 aromatic heterocycles. The predicted molar refractivity (Wildman–Crippen MR) is 141 cm³/mol. The molecule has 3 heterocycles. The van der Waals surface area contributed by atoms with E-state index in [1.165, 1.54) is 0 Å². The molecule has 4 rings (SSSR count). The van der Waals surface area contributed by atoms with E-state index in [1.54, 1.807) is 0 Å². The lowest BCUT2D eigenvalue weighted by Crippen LogP contribution is -2.48. The summed E-state index contributed by atoms with van der Waals surface area (Å²) < 4.78 is 6.19. The molecule has 3 atom stereocenters. The van der Waals surface area contributed by atoms with Crippen LogP contribution in [0.25, 0.3) is 22.3 Å². The van der Waals surface area contributed by atoms with Gasteiger partial charge in [-0.25, -0.2) is 4.98 Å². The largest absolute Gasteiger partial charge is 0.454 e. The molecule has 1 saturated carbocycles. The molecule has 0 radical (unpaired) electrons. The highest BCUT2D eigenvalue weighted by atomic mass is 35.5. The third-order valence-corrected chi connectivity index (χ3v) is 7.08. The van der Waals surface area contributed by atoms with Crippen molar-refractivity contribution in [2.24, 2.45) is 5.92 Å². The zero-order valence-electron chi connectivity index (χ0n) is 21.1. The number of nitrogens with one attached hydrogen (secondary N) is 2. The number of aromatic nitrogens is 3. The van der Waals surface area contributed by atoms with E-state index in [1.807, 2.05) is 19.1 Å². The number of fused-ring (bicyclic) bond motifs is 1. The third kappa shape index (κ3) is 5.44. The van der Waals surface area contributed by atoms with Crippen LogP contribution in [-0.2, 0) is 6.42 Å². The van der Waals surface area contributed by atoms with Gasteiger partial charge in [-0.1, -0.05) is 44.7 Å². The summed E-state index contributed by atoms with van der Waals surface area (Å²) in [6.45, 7) is 6.61. The SMILES string of the molecule is CCCCCNc1nc(Cl)c(-c2cc3cc(CCC)nc(C)c3o2)c(NC2(O)CCC(CO)C2O)n1. The van der Waals surface area contributed by atoms with Crippen molar-refractivity contribution in [1.29, 1.82) is 0 Å². The molecule has 0 spiro atoms. The number of rotatable bonds is 11. The molecule has 9 nitrogen and oxygen atoms in total. The highest BCUT2D eigenvalue weighted by molar-refractivity contribution is 6.32. The molecule has 0 amide bonds. The van der Waals surface area contributed by atoms with Gasteiger partial charge in [0.25, 0.3) is 0 Å². The number of unbranched alkanes of at least 4 members (excludes halogenated alkanes) is 2. The van der Waals surface area contributed by atoms with Crippen molar-refractivity contribution in [3.63, 3.8) is 0 Å². The maximum atomic E-state index is 11.3. The zero-order chi connectivity index (χ0) is 25.9. The maximum absolute atomic E-state index is 11.3. The summed E-state index contributed by atoms with van der Waals surface area (Å²) in [5.74, 6) is 0.554. The van der Waals surface area contributed by atoms with Crippen LogP contribution in [0.15, 0.2) is 16.5 Å². The van der Waals surface area contributed by atoms with Crippen LogP contribution in [0.5, 0.6) is 0 Å². The van der Waals surface area contributed by atoms with Crippen molar-refractivity contribution in [3.8, 4) is 11.3 Å². The van der Waals surface area contributed by atoms with Gasteiger partial charge >= 0.3 is 0 Å². The predicted octanol–water partition coefficient (Wildman–Crippen LogP) is 4.66. The monoisotopic (exact) mass is 517 g/mol. The van der Waals surface area contributed by atoms with Gasteiger partial charge in [-0.3, -0.25) is 4.98 Å². The summed E-state index contributed by atoms with van der Waals surface area (Å²) in [6.07, 6.45) is 4.50. The van der Waals surface area contributed by atoms with Gasteiger partial charge in [0.2, 0.25) is 5.95 Å². The topological polar surface area (TPSA) is 137 Å². The van der Waals surface area contributed by atoms with Gasteiger partial charge in [-0.15, -0.1) is 0 Å². The molecular formula is C26H36ClN5O4. The summed E-state index contributed by atoms with van der Waals surface area (Å²) >= 11 is 6.69.